The van der Waals surface area contributed by atoms with Crippen LogP contribution in [0.3, 0.4) is 0 Å². The molecule has 9 heavy (non-hydrogen) atoms. The summed E-state index contributed by atoms with van der Waals surface area (Å²) >= 11 is 2.01. The summed E-state index contributed by atoms with van der Waals surface area (Å²) in [5, 5.41) is 0. The second-order valence-electron chi connectivity index (χ2n) is 2.18. The molecule has 2 nitrogen and oxygen atoms in total. The first-order valence-corrected chi connectivity index (χ1v) is 4.61. The highest BCUT2D eigenvalue weighted by molar-refractivity contribution is 14.1. The van der Waals surface area contributed by atoms with Gasteiger partial charge in [0.15, 0.2) is 0 Å². The summed E-state index contributed by atoms with van der Waals surface area (Å²) in [5.74, 6) is -0.0692. The second-order valence-corrected chi connectivity index (χ2v) is 2.94. The maximum absolute atomic E-state index is 10.6. The van der Waals surface area contributed by atoms with Gasteiger partial charge in [0.1, 0.15) is 6.10 Å². The molecule has 0 aliphatic heterocycles. The summed E-state index contributed by atoms with van der Waals surface area (Å²) in [6, 6.07) is 0. The van der Waals surface area contributed by atoms with Crippen LogP contribution in [-0.2, 0) is 9.53 Å². The molecule has 0 aromatic heterocycles. The molecule has 1 aliphatic carbocycles. The zero-order valence-corrected chi connectivity index (χ0v) is 7.26. The minimum Gasteiger partial charge on any atom is -0.462 e. The van der Waals surface area contributed by atoms with Crippen LogP contribution >= 0.6 is 22.6 Å². The van der Waals surface area contributed by atoms with Crippen LogP contribution in [0.4, 0.5) is 0 Å². The summed E-state index contributed by atoms with van der Waals surface area (Å²) < 4.78 is 5.47. The van der Waals surface area contributed by atoms with Gasteiger partial charge in [0, 0.05) is 0 Å². The van der Waals surface area contributed by atoms with Gasteiger partial charge in [0.2, 0.25) is 0 Å². The number of hydrogen-bond donors (Lipinski definition) is 0. The van der Waals surface area contributed by atoms with Gasteiger partial charge in [-0.15, -0.1) is 0 Å². The van der Waals surface area contributed by atoms with E-state index in [2.05, 4.69) is 0 Å². The van der Waals surface area contributed by atoms with E-state index in [1.807, 2.05) is 22.6 Å². The van der Waals surface area contributed by atoms with Gasteiger partial charge in [-0.05, 0) is 19.3 Å². The molecule has 0 unspecified atom stereocenters. The van der Waals surface area contributed by atoms with E-state index in [1.54, 1.807) is 0 Å². The van der Waals surface area contributed by atoms with Gasteiger partial charge in [-0.25, -0.2) is 0 Å². The van der Waals surface area contributed by atoms with E-state index in [-0.39, 0.29) is 12.1 Å². The van der Waals surface area contributed by atoms with Crippen molar-refractivity contribution in [2.24, 2.45) is 0 Å². The number of alkyl halides is 1. The molecule has 0 bridgehead atoms. The first-order valence-electron chi connectivity index (χ1n) is 3.08. The molecule has 0 N–H and O–H groups in total. The summed E-state index contributed by atoms with van der Waals surface area (Å²) in [7, 11) is 0. The van der Waals surface area contributed by atoms with Crippen molar-refractivity contribution in [2.45, 2.75) is 25.4 Å². The molecule has 0 radical (unpaired) electrons. The summed E-state index contributed by atoms with van der Waals surface area (Å²) in [4.78, 5) is 10.6. The van der Waals surface area contributed by atoms with Crippen LogP contribution in [-0.4, -0.2) is 16.5 Å². The van der Waals surface area contributed by atoms with E-state index >= 15 is 0 Å². The Kier molecular flexibility index (Phi) is 2.75. The van der Waals surface area contributed by atoms with Crippen molar-refractivity contribution in [1.82, 2.24) is 0 Å². The third-order valence-electron chi connectivity index (χ3n) is 1.46. The Labute approximate surface area is 68.1 Å². The summed E-state index contributed by atoms with van der Waals surface area (Å²) in [6.07, 6.45) is 3.62. The van der Waals surface area contributed by atoms with Crippen LogP contribution in [0.1, 0.15) is 19.3 Å². The van der Waals surface area contributed by atoms with E-state index in [0.29, 0.717) is 4.43 Å². The van der Waals surface area contributed by atoms with E-state index in [4.69, 9.17) is 4.74 Å². The quantitative estimate of drug-likeness (QED) is 0.415. The lowest BCUT2D eigenvalue weighted by Gasteiger charge is -2.24. The van der Waals surface area contributed by atoms with Crippen LogP contribution in [0.5, 0.6) is 0 Å². The monoisotopic (exact) mass is 240 g/mol. The number of ether oxygens (including phenoxy) is 1. The molecule has 0 aromatic rings. The highest BCUT2D eigenvalue weighted by Gasteiger charge is 2.20. The zero-order chi connectivity index (χ0) is 6.69. The van der Waals surface area contributed by atoms with Gasteiger partial charge < -0.3 is 4.74 Å². The minimum absolute atomic E-state index is 0.0692. The first kappa shape index (κ1) is 7.31. The topological polar surface area (TPSA) is 26.3 Å². The van der Waals surface area contributed by atoms with Gasteiger partial charge in [-0.1, -0.05) is 22.6 Å². The first-order chi connectivity index (χ1) is 4.33. The molecule has 0 amide bonds. The SMILES string of the molecule is O=C(CI)OC1CCC1. The smallest absolute Gasteiger partial charge is 0.316 e. The van der Waals surface area contributed by atoms with Crippen LogP contribution in [0.15, 0.2) is 0 Å². The van der Waals surface area contributed by atoms with E-state index in [9.17, 15) is 4.79 Å². The fraction of sp³-hybridized carbons (Fsp3) is 0.833. The molecular weight excluding hydrogens is 231 g/mol. The Morgan fingerprint density at radius 3 is 2.67 bits per heavy atom. The standard InChI is InChI=1S/C6H9IO2/c7-4-6(8)9-5-2-1-3-5/h5H,1-4H2. The van der Waals surface area contributed by atoms with Crippen molar-refractivity contribution < 1.29 is 9.53 Å². The maximum Gasteiger partial charge on any atom is 0.316 e. The Bertz CT molecular complexity index is 110. The fourth-order valence-electron chi connectivity index (χ4n) is 0.706. The molecule has 0 heterocycles. The largest absolute Gasteiger partial charge is 0.462 e. The number of carbonyl (C=O) groups is 1. The molecule has 0 spiro atoms. The normalized spacial score (nSPS) is 18.8. The van der Waals surface area contributed by atoms with Crippen LogP contribution < -0.4 is 0 Å². The lowest BCUT2D eigenvalue weighted by Crippen LogP contribution is -2.25. The lowest BCUT2D eigenvalue weighted by atomic mass is 9.96. The van der Waals surface area contributed by atoms with Crippen LogP contribution in [0.25, 0.3) is 0 Å². The van der Waals surface area contributed by atoms with Crippen molar-refractivity contribution >= 4 is 28.6 Å². The van der Waals surface area contributed by atoms with Gasteiger partial charge >= 0.3 is 5.97 Å². The zero-order valence-electron chi connectivity index (χ0n) is 5.10. The molecule has 1 saturated carbocycles. The Hall–Kier alpha value is 0.200. The van der Waals surface area contributed by atoms with E-state index < -0.39 is 0 Å². The molecule has 52 valence electrons. The van der Waals surface area contributed by atoms with E-state index in [1.165, 1.54) is 6.42 Å². The average Bonchev–Trinajstić information content (AvgIpc) is 1.78. The van der Waals surface area contributed by atoms with Crippen molar-refractivity contribution in [2.75, 3.05) is 4.43 Å². The van der Waals surface area contributed by atoms with Crippen LogP contribution in [0.2, 0.25) is 0 Å². The Morgan fingerprint density at radius 1 is 1.67 bits per heavy atom. The molecule has 3 heteroatoms. The van der Waals surface area contributed by atoms with Crippen molar-refractivity contribution in [1.29, 1.82) is 0 Å². The van der Waals surface area contributed by atoms with Crippen LogP contribution in [0, 0.1) is 0 Å². The maximum atomic E-state index is 10.6. The van der Waals surface area contributed by atoms with Crippen molar-refractivity contribution in [3.63, 3.8) is 0 Å². The number of halogens is 1. The van der Waals surface area contributed by atoms with Crippen molar-refractivity contribution in [3.8, 4) is 0 Å². The second kappa shape index (κ2) is 3.39. The van der Waals surface area contributed by atoms with Crippen molar-refractivity contribution in [3.05, 3.63) is 0 Å². The Balaban J connectivity index is 2.09. The highest BCUT2D eigenvalue weighted by atomic mass is 127. The summed E-state index contributed by atoms with van der Waals surface area (Å²) in [6.45, 7) is 0. The molecule has 1 fully saturated rings. The molecule has 1 aliphatic rings. The van der Waals surface area contributed by atoms with Gasteiger partial charge in [-0.2, -0.15) is 0 Å². The number of esters is 1. The van der Waals surface area contributed by atoms with Gasteiger partial charge in [-0.3, -0.25) is 4.79 Å². The molecule has 0 atom stereocenters. The highest BCUT2D eigenvalue weighted by Crippen LogP contribution is 2.21. The molecule has 0 aromatic carbocycles. The lowest BCUT2D eigenvalue weighted by molar-refractivity contribution is -0.149. The molecular formula is C6H9IO2. The van der Waals surface area contributed by atoms with E-state index in [0.717, 1.165) is 12.8 Å². The summed E-state index contributed by atoms with van der Waals surface area (Å²) in [5.41, 5.74) is 0. The number of rotatable bonds is 2. The minimum atomic E-state index is -0.0692. The number of hydrogen-bond acceptors (Lipinski definition) is 2. The van der Waals surface area contributed by atoms with Gasteiger partial charge in [0.05, 0.1) is 4.43 Å². The fourth-order valence-corrected chi connectivity index (χ4v) is 0.886. The third-order valence-corrected chi connectivity index (χ3v) is 2.08. The predicted octanol–water partition coefficient (Wildman–Crippen LogP) is 1.52. The number of carbonyl (C=O) groups excluding carboxylic acids is 1. The van der Waals surface area contributed by atoms with Gasteiger partial charge in [0.25, 0.3) is 0 Å². The third kappa shape index (κ3) is 2.12. The molecule has 0 saturated heterocycles. The Morgan fingerprint density at radius 2 is 2.33 bits per heavy atom. The average molecular weight is 240 g/mol. The molecule has 1 rings (SSSR count). The predicted molar refractivity (Wildman–Crippen MR) is 42.6 cm³/mol.